The van der Waals surface area contributed by atoms with Gasteiger partial charge in [-0.1, -0.05) is 12.1 Å². The molecule has 106 valence electrons. The highest BCUT2D eigenvalue weighted by atomic mass is 19.1. The van der Waals surface area contributed by atoms with Gasteiger partial charge in [0.25, 0.3) is 0 Å². The Kier molecular flexibility index (Phi) is 4.47. The van der Waals surface area contributed by atoms with Crippen molar-refractivity contribution < 1.29 is 9.13 Å². The number of aromatic nitrogens is 2. The number of rotatable bonds is 5. The number of benzene rings is 1. The fourth-order valence-corrected chi connectivity index (χ4v) is 1.88. The molecule has 0 radical (unpaired) electrons. The first-order valence-corrected chi connectivity index (χ1v) is 6.16. The molecule has 0 spiro atoms. The zero-order valence-electron chi connectivity index (χ0n) is 11.5. The third-order valence-corrected chi connectivity index (χ3v) is 2.75. The van der Waals surface area contributed by atoms with Crippen LogP contribution in [-0.2, 0) is 17.9 Å². The topological polar surface area (TPSA) is 64.3 Å². The van der Waals surface area contributed by atoms with Gasteiger partial charge < -0.3 is 15.4 Å². The van der Waals surface area contributed by atoms with Crippen LogP contribution in [0, 0.1) is 5.82 Å². The Balaban J connectivity index is 2.18. The van der Waals surface area contributed by atoms with Crippen molar-refractivity contribution in [1.29, 1.82) is 0 Å². The minimum Gasteiger partial charge on any atom is -0.384 e. The zero-order chi connectivity index (χ0) is 14.5. The summed E-state index contributed by atoms with van der Waals surface area (Å²) in [5.74, 6) is 1.33. The van der Waals surface area contributed by atoms with Gasteiger partial charge in [0.15, 0.2) is 5.82 Å². The highest BCUT2D eigenvalue weighted by Crippen LogP contribution is 2.16. The van der Waals surface area contributed by atoms with E-state index >= 15 is 0 Å². The number of nitrogens with two attached hydrogens (primary N) is 1. The predicted octanol–water partition coefficient (Wildman–Crippen LogP) is 1.98. The number of hydrogen-bond donors (Lipinski definition) is 1. The van der Waals surface area contributed by atoms with Crippen LogP contribution in [0.25, 0.3) is 0 Å². The molecule has 0 aliphatic heterocycles. The molecular formula is C14H17FN4O. The fraction of sp³-hybridized carbons (Fsp3) is 0.286. The van der Waals surface area contributed by atoms with Crippen LogP contribution in [0.15, 0.2) is 30.3 Å². The number of nitrogens with zero attached hydrogens (tertiary/aromatic N) is 3. The van der Waals surface area contributed by atoms with Crippen molar-refractivity contribution in [3.05, 3.63) is 47.5 Å². The number of anilines is 2. The van der Waals surface area contributed by atoms with Crippen molar-refractivity contribution in [1.82, 2.24) is 9.97 Å². The summed E-state index contributed by atoms with van der Waals surface area (Å²) in [6.07, 6.45) is 0. The molecule has 0 fully saturated rings. The van der Waals surface area contributed by atoms with Crippen LogP contribution < -0.4 is 10.6 Å². The molecule has 6 heteroatoms. The van der Waals surface area contributed by atoms with E-state index in [1.165, 1.54) is 12.1 Å². The summed E-state index contributed by atoms with van der Waals surface area (Å²) in [5, 5.41) is 0. The van der Waals surface area contributed by atoms with Gasteiger partial charge in [-0.2, -0.15) is 0 Å². The van der Waals surface area contributed by atoms with E-state index < -0.39 is 0 Å². The molecule has 1 heterocycles. The third kappa shape index (κ3) is 3.64. The SMILES string of the molecule is COCc1nc(N)cc(N(C)Cc2cccc(F)c2)n1. The van der Waals surface area contributed by atoms with Crippen molar-refractivity contribution in [3.63, 3.8) is 0 Å². The summed E-state index contributed by atoms with van der Waals surface area (Å²) in [7, 11) is 3.44. The van der Waals surface area contributed by atoms with E-state index in [2.05, 4.69) is 9.97 Å². The molecule has 0 unspecified atom stereocenters. The molecule has 0 saturated carbocycles. The van der Waals surface area contributed by atoms with E-state index in [-0.39, 0.29) is 5.82 Å². The lowest BCUT2D eigenvalue weighted by atomic mass is 10.2. The van der Waals surface area contributed by atoms with Crippen molar-refractivity contribution in [2.75, 3.05) is 24.8 Å². The molecule has 0 atom stereocenters. The normalized spacial score (nSPS) is 10.6. The molecule has 0 saturated heterocycles. The Morgan fingerprint density at radius 1 is 1.30 bits per heavy atom. The Morgan fingerprint density at radius 2 is 2.10 bits per heavy atom. The van der Waals surface area contributed by atoms with Crippen LogP contribution >= 0.6 is 0 Å². The van der Waals surface area contributed by atoms with Crippen molar-refractivity contribution >= 4 is 11.6 Å². The average molecular weight is 276 g/mol. The van der Waals surface area contributed by atoms with Crippen LogP contribution in [-0.4, -0.2) is 24.1 Å². The van der Waals surface area contributed by atoms with E-state index in [1.807, 2.05) is 18.0 Å². The van der Waals surface area contributed by atoms with E-state index in [4.69, 9.17) is 10.5 Å². The highest BCUT2D eigenvalue weighted by Gasteiger charge is 2.08. The second-order valence-corrected chi connectivity index (χ2v) is 4.49. The van der Waals surface area contributed by atoms with Gasteiger partial charge in [0.05, 0.1) is 0 Å². The summed E-state index contributed by atoms with van der Waals surface area (Å²) in [4.78, 5) is 10.3. The average Bonchev–Trinajstić information content (AvgIpc) is 2.38. The maximum Gasteiger partial charge on any atom is 0.158 e. The monoisotopic (exact) mass is 276 g/mol. The lowest BCUT2D eigenvalue weighted by Crippen LogP contribution is -2.19. The molecule has 2 aromatic rings. The molecule has 0 aliphatic carbocycles. The van der Waals surface area contributed by atoms with Gasteiger partial charge >= 0.3 is 0 Å². The number of halogens is 1. The second kappa shape index (κ2) is 6.29. The lowest BCUT2D eigenvalue weighted by molar-refractivity contribution is 0.178. The van der Waals surface area contributed by atoms with Gasteiger partial charge in [0.1, 0.15) is 24.1 Å². The molecule has 20 heavy (non-hydrogen) atoms. The molecule has 2 N–H and O–H groups in total. The maximum atomic E-state index is 13.2. The van der Waals surface area contributed by atoms with Crippen LogP contribution in [0.4, 0.5) is 16.0 Å². The maximum absolute atomic E-state index is 13.2. The Hall–Kier alpha value is -2.21. The first-order chi connectivity index (χ1) is 9.58. The highest BCUT2D eigenvalue weighted by molar-refractivity contribution is 5.46. The Bertz CT molecular complexity index is 591. The van der Waals surface area contributed by atoms with Crippen molar-refractivity contribution in [2.45, 2.75) is 13.2 Å². The van der Waals surface area contributed by atoms with Gasteiger partial charge in [0.2, 0.25) is 0 Å². The van der Waals surface area contributed by atoms with Gasteiger partial charge in [-0.05, 0) is 17.7 Å². The zero-order valence-corrected chi connectivity index (χ0v) is 11.5. The van der Waals surface area contributed by atoms with E-state index in [1.54, 1.807) is 19.2 Å². The standard InChI is InChI=1S/C14H17FN4O/c1-19(8-10-4-3-5-11(15)6-10)14-7-12(16)17-13(18-14)9-20-2/h3-7H,8-9H2,1-2H3,(H2,16,17,18). The minimum absolute atomic E-state index is 0.252. The van der Waals surface area contributed by atoms with E-state index in [0.29, 0.717) is 30.6 Å². The van der Waals surface area contributed by atoms with Gasteiger partial charge in [0, 0.05) is 26.8 Å². The van der Waals surface area contributed by atoms with Crippen LogP contribution in [0.5, 0.6) is 0 Å². The molecular weight excluding hydrogens is 259 g/mol. The van der Waals surface area contributed by atoms with Crippen LogP contribution in [0.1, 0.15) is 11.4 Å². The van der Waals surface area contributed by atoms with Gasteiger partial charge in [-0.3, -0.25) is 0 Å². The third-order valence-electron chi connectivity index (χ3n) is 2.75. The summed E-state index contributed by atoms with van der Waals surface area (Å²) in [6, 6.07) is 8.14. The predicted molar refractivity (Wildman–Crippen MR) is 75.7 cm³/mol. The first-order valence-electron chi connectivity index (χ1n) is 6.16. The molecule has 2 rings (SSSR count). The van der Waals surface area contributed by atoms with Crippen LogP contribution in [0.2, 0.25) is 0 Å². The van der Waals surface area contributed by atoms with E-state index in [9.17, 15) is 4.39 Å². The minimum atomic E-state index is -0.252. The smallest absolute Gasteiger partial charge is 0.158 e. The number of methoxy groups -OCH3 is 1. The quantitative estimate of drug-likeness (QED) is 0.904. The molecule has 1 aromatic heterocycles. The summed E-state index contributed by atoms with van der Waals surface area (Å²) < 4.78 is 18.2. The number of hydrogen-bond acceptors (Lipinski definition) is 5. The van der Waals surface area contributed by atoms with Crippen molar-refractivity contribution in [3.8, 4) is 0 Å². The molecule has 5 nitrogen and oxygen atoms in total. The van der Waals surface area contributed by atoms with Gasteiger partial charge in [-0.15, -0.1) is 0 Å². The number of ether oxygens (including phenoxy) is 1. The fourth-order valence-electron chi connectivity index (χ4n) is 1.88. The Morgan fingerprint density at radius 3 is 2.80 bits per heavy atom. The molecule has 0 aliphatic rings. The second-order valence-electron chi connectivity index (χ2n) is 4.49. The molecule has 0 amide bonds. The molecule has 1 aromatic carbocycles. The largest absolute Gasteiger partial charge is 0.384 e. The summed E-state index contributed by atoms with van der Waals surface area (Å²) >= 11 is 0. The lowest BCUT2D eigenvalue weighted by Gasteiger charge is -2.19. The Labute approximate surface area is 117 Å². The first kappa shape index (κ1) is 14.2. The number of nitrogen functional groups attached to an aromatic ring is 1. The van der Waals surface area contributed by atoms with Crippen molar-refractivity contribution in [2.24, 2.45) is 0 Å². The summed E-state index contributed by atoms with van der Waals surface area (Å²) in [6.45, 7) is 0.826. The van der Waals surface area contributed by atoms with Gasteiger partial charge in [-0.25, -0.2) is 14.4 Å². The van der Waals surface area contributed by atoms with Crippen LogP contribution in [0.3, 0.4) is 0 Å². The summed E-state index contributed by atoms with van der Waals surface area (Å²) in [5.41, 5.74) is 6.61. The van der Waals surface area contributed by atoms with E-state index in [0.717, 1.165) is 5.56 Å². The molecule has 0 bridgehead atoms.